The molecule has 0 aromatic rings. The summed E-state index contributed by atoms with van der Waals surface area (Å²) in [4.78, 5) is 0. The van der Waals surface area contributed by atoms with Crippen molar-refractivity contribution in [2.24, 2.45) is 0 Å². The van der Waals surface area contributed by atoms with Gasteiger partial charge in [0.15, 0.2) is 0 Å². The van der Waals surface area contributed by atoms with Crippen LogP contribution in [-0.4, -0.2) is 50.4 Å². The molecule has 3 nitrogen and oxygen atoms in total. The maximum absolute atomic E-state index is 11.8. The molecule has 3 N–H and O–H groups in total. The van der Waals surface area contributed by atoms with Crippen molar-refractivity contribution in [3.05, 3.63) is 22.6 Å². The molecule has 0 bridgehead atoms. The van der Waals surface area contributed by atoms with Gasteiger partial charge < -0.3 is 15.3 Å². The van der Waals surface area contributed by atoms with Gasteiger partial charge in [0.1, 0.15) is 0 Å². The van der Waals surface area contributed by atoms with Crippen LogP contribution in [0.3, 0.4) is 0 Å². The molecule has 0 saturated carbocycles. The van der Waals surface area contributed by atoms with Crippen LogP contribution in [-0.2, 0) is 26.2 Å². The van der Waals surface area contributed by atoms with Gasteiger partial charge in [0.25, 0.3) is 0 Å². The Morgan fingerprint density at radius 3 is 1.56 bits per heavy atom. The molecule has 0 aromatic heterocycles. The molecule has 108 valence electrons. The topological polar surface area (TPSA) is 60.7 Å². The Morgan fingerprint density at radius 1 is 1.11 bits per heavy atom. The second kappa shape index (κ2) is 26.3. The van der Waals surface area contributed by atoms with Crippen molar-refractivity contribution in [1.29, 1.82) is 0 Å². The molecule has 1 aliphatic rings. The van der Waals surface area contributed by atoms with Gasteiger partial charge in [-0.05, 0) is 20.8 Å². The van der Waals surface area contributed by atoms with Crippen molar-refractivity contribution < 1.29 is 48.5 Å². The first-order valence-corrected chi connectivity index (χ1v) is 8.47. The Balaban J connectivity index is -0.0000000840. The maximum Gasteiger partial charge on any atom is 0 e. The van der Waals surface area contributed by atoms with E-state index in [9.17, 15) is 7.00 Å². The normalized spacial score (nSPS) is 10.8. The van der Waals surface area contributed by atoms with Crippen molar-refractivity contribution in [2.45, 2.75) is 27.2 Å². The van der Waals surface area contributed by atoms with Crippen LogP contribution in [0.2, 0.25) is 0 Å². The fourth-order valence-electron chi connectivity index (χ4n) is 0.571. The smallest absolute Gasteiger partial charge is 0 e. The second-order valence-electron chi connectivity index (χ2n) is 2.49. The molecule has 7 heteroatoms. The maximum atomic E-state index is 11.8. The fraction of sp³-hybridized carbons (Fsp3) is 0.636. The summed E-state index contributed by atoms with van der Waals surface area (Å²) >= 11 is -3.91. The van der Waals surface area contributed by atoms with E-state index in [1.807, 2.05) is 0 Å². The van der Waals surface area contributed by atoms with Crippen LogP contribution in [0.5, 0.6) is 0 Å². The van der Waals surface area contributed by atoms with E-state index in [1.54, 1.807) is 26.8 Å². The van der Waals surface area contributed by atoms with E-state index in [4.69, 9.17) is 15.3 Å². The van der Waals surface area contributed by atoms with Gasteiger partial charge in [0.05, 0.1) is 0 Å². The zero-order valence-corrected chi connectivity index (χ0v) is 16.0. The third-order valence-corrected chi connectivity index (χ3v) is 2.78. The summed E-state index contributed by atoms with van der Waals surface area (Å²) in [5.74, 6) is 0. The summed E-state index contributed by atoms with van der Waals surface area (Å²) in [6.07, 6.45) is 6.39. The summed E-state index contributed by atoms with van der Waals surface area (Å²) in [6.45, 7) is 5.79. The molecule has 0 aliphatic heterocycles. The summed E-state index contributed by atoms with van der Waals surface area (Å²) in [7, 11) is 0. The van der Waals surface area contributed by atoms with E-state index in [0.717, 1.165) is 0 Å². The van der Waals surface area contributed by atoms with Gasteiger partial charge in [-0.15, -0.1) is 0 Å². The largest absolute Gasteiger partial charge is 0 e. The van der Waals surface area contributed by atoms with Gasteiger partial charge in [0, 0.05) is 46.0 Å². The average Bonchev–Trinajstić information content (AvgIpc) is 2.73. The number of aliphatic hydroxyl groups is 3. The van der Waals surface area contributed by atoms with E-state index in [1.165, 1.54) is 6.08 Å². The van der Waals surface area contributed by atoms with Gasteiger partial charge in [-0.3, -0.25) is 0 Å². The summed E-state index contributed by atoms with van der Waals surface area (Å²) < 4.78 is 23.8. The van der Waals surface area contributed by atoms with Crippen LogP contribution in [0, 0.1) is 6.08 Å². The first-order valence-electron chi connectivity index (χ1n) is 5.43. The molecular weight excluding hydrogens is 382 g/mol. The van der Waals surface area contributed by atoms with E-state index in [-0.39, 0.29) is 50.4 Å². The first-order chi connectivity index (χ1) is 8.05. The molecule has 1 rings (SSSR count). The van der Waals surface area contributed by atoms with E-state index in [2.05, 4.69) is 6.08 Å². The van der Waals surface area contributed by atoms with Crippen molar-refractivity contribution in [2.75, 3.05) is 19.8 Å². The predicted octanol–water partition coefficient (Wildman–Crippen LogP) is 1.37. The molecular formula is C11H23F2GeO3Zr-. The van der Waals surface area contributed by atoms with Crippen molar-refractivity contribution in [3.8, 4) is 0 Å². The summed E-state index contributed by atoms with van der Waals surface area (Å²) in [5.41, 5.74) is 0. The Labute approximate surface area is 133 Å². The Bertz CT molecular complexity index is 186. The van der Waals surface area contributed by atoms with Crippen LogP contribution in [0.4, 0.5) is 7.00 Å². The number of hydrogen-bond donors (Lipinski definition) is 3. The molecule has 0 radical (unpaired) electrons. The third-order valence-electron chi connectivity index (χ3n) is 0.957. The molecule has 0 heterocycles. The molecule has 0 unspecified atom stereocenters. The molecule has 0 spiro atoms. The second-order valence-corrected chi connectivity index (χ2v) is 5.05. The standard InChI is InChI=1S/C5H5F2Ge.3C2H6O.Zr/c6-8(7)5-3-1-2-4-5;3*1-2-3;/h1,3,8H,2H2;3*3H,2H2,1H3;/q-1;;;;. The molecule has 0 amide bonds. The first kappa shape index (κ1) is 27.1. The van der Waals surface area contributed by atoms with Gasteiger partial charge in [-0.1, -0.05) is 0 Å². The Kier molecular flexibility index (Phi) is 39.5. The van der Waals surface area contributed by atoms with Crippen LogP contribution in [0.25, 0.3) is 0 Å². The fourth-order valence-corrected chi connectivity index (χ4v) is 1.73. The van der Waals surface area contributed by atoms with Crippen LogP contribution in [0.15, 0.2) is 16.6 Å². The molecule has 0 fully saturated rings. The molecule has 0 atom stereocenters. The molecule has 0 aromatic carbocycles. The number of aliphatic hydroxyl groups excluding tert-OH is 3. The van der Waals surface area contributed by atoms with Crippen LogP contribution < -0.4 is 0 Å². The number of hydrogen-bond acceptors (Lipinski definition) is 3. The van der Waals surface area contributed by atoms with Crippen molar-refractivity contribution in [3.63, 3.8) is 0 Å². The number of allylic oxidation sites excluding steroid dienone is 4. The molecule has 18 heavy (non-hydrogen) atoms. The monoisotopic (exact) mass is 405 g/mol. The summed E-state index contributed by atoms with van der Waals surface area (Å²) in [6, 6.07) is 0. The van der Waals surface area contributed by atoms with Gasteiger partial charge in [0.2, 0.25) is 0 Å². The molecule has 0 saturated heterocycles. The zero-order valence-electron chi connectivity index (χ0n) is 11.2. The average molecular weight is 405 g/mol. The van der Waals surface area contributed by atoms with Gasteiger partial charge in [-0.25, -0.2) is 0 Å². The van der Waals surface area contributed by atoms with Crippen LogP contribution >= 0.6 is 0 Å². The van der Waals surface area contributed by atoms with Gasteiger partial charge >= 0.3 is 51.3 Å². The predicted molar refractivity (Wildman–Crippen MR) is 68.2 cm³/mol. The minimum absolute atomic E-state index is 0. The number of rotatable bonds is 1. The molecule has 1 aliphatic carbocycles. The Hall–Kier alpha value is 0.646. The van der Waals surface area contributed by atoms with E-state index < -0.39 is 15.3 Å². The minimum atomic E-state index is -3.91. The minimum Gasteiger partial charge on any atom is 0 e. The van der Waals surface area contributed by atoms with Crippen molar-refractivity contribution in [1.82, 2.24) is 0 Å². The Morgan fingerprint density at radius 2 is 1.44 bits per heavy atom. The van der Waals surface area contributed by atoms with E-state index >= 15 is 0 Å². The van der Waals surface area contributed by atoms with E-state index in [0.29, 0.717) is 6.42 Å². The summed E-state index contributed by atoms with van der Waals surface area (Å²) in [5, 5.41) is 22.7. The van der Waals surface area contributed by atoms with Crippen molar-refractivity contribution >= 4 is 15.3 Å². The SMILES string of the molecule is CCO.CCO.CCO.[F][GeH]([F])[C]1=[C-]CC=C1.[Zr]. The third kappa shape index (κ3) is 30.0. The quantitative estimate of drug-likeness (QED) is 0.457. The van der Waals surface area contributed by atoms with Crippen LogP contribution in [0.1, 0.15) is 27.2 Å². The van der Waals surface area contributed by atoms with Gasteiger partial charge in [-0.2, -0.15) is 0 Å². The number of halogens is 2. The zero-order chi connectivity index (χ0) is 14.1.